The van der Waals surface area contributed by atoms with Crippen LogP contribution in [0.4, 0.5) is 0 Å². The first-order valence-electron chi connectivity index (χ1n) is 15.4. The summed E-state index contributed by atoms with van der Waals surface area (Å²) in [6.45, 7) is 2.84. The monoisotopic (exact) mass is 585 g/mol. The molecule has 1 saturated heterocycles. The highest BCUT2D eigenvalue weighted by Gasteiger charge is 2.27. The normalized spacial score (nSPS) is 17.3. The number of para-hydroxylation sites is 1. The van der Waals surface area contributed by atoms with Crippen molar-refractivity contribution in [3.63, 3.8) is 0 Å². The van der Waals surface area contributed by atoms with E-state index in [1.54, 1.807) is 36.0 Å². The molecular weight excluding hydrogens is 542 g/mol. The van der Waals surface area contributed by atoms with Gasteiger partial charge in [-0.05, 0) is 79.3 Å². The molecule has 1 atom stereocenters. The number of ether oxygens (including phenoxy) is 1. The Morgan fingerprint density at radius 3 is 2.14 bits per heavy atom. The Kier molecular flexibility index (Phi) is 11.4. The molecule has 2 N–H and O–H groups in total. The molecular formula is C35H43N3O3S. The lowest BCUT2D eigenvalue weighted by Crippen LogP contribution is -2.53. The van der Waals surface area contributed by atoms with Crippen molar-refractivity contribution in [1.29, 1.82) is 0 Å². The number of piperidine rings is 1. The summed E-state index contributed by atoms with van der Waals surface area (Å²) in [7, 11) is 0. The molecule has 0 aromatic heterocycles. The van der Waals surface area contributed by atoms with Crippen LogP contribution >= 0.6 is 11.8 Å². The number of nitrogens with one attached hydrogen (secondary N) is 2. The molecule has 0 spiro atoms. The van der Waals surface area contributed by atoms with Crippen LogP contribution in [0.2, 0.25) is 0 Å². The number of hydrogen-bond donors (Lipinski definition) is 2. The Morgan fingerprint density at radius 2 is 1.45 bits per heavy atom. The van der Waals surface area contributed by atoms with Crippen molar-refractivity contribution in [2.24, 2.45) is 5.92 Å². The average molecular weight is 586 g/mol. The topological polar surface area (TPSA) is 70.7 Å². The molecule has 6 nitrogen and oxygen atoms in total. The standard InChI is InChI=1S/C35H43N3O3S/c39-34(29-16-18-32(19-17-29)41-31-14-8-3-9-15-31)37-33(26-42-25-28-12-6-2-7-13-28)35(40)36-30-20-22-38(23-21-30)24-27-10-4-1-5-11-27/h1,3-5,8-11,14-19,28,30,33H,2,6-7,12-13,20-26H2,(H,36,40)(H,37,39). The minimum absolute atomic E-state index is 0.0787. The Balaban J connectivity index is 1.15. The summed E-state index contributed by atoms with van der Waals surface area (Å²) in [4.78, 5) is 29.2. The second kappa shape index (κ2) is 15.8. The number of rotatable bonds is 12. The largest absolute Gasteiger partial charge is 0.457 e. The molecule has 1 aliphatic heterocycles. The Labute approximate surface area is 254 Å². The van der Waals surface area contributed by atoms with Gasteiger partial charge in [0.1, 0.15) is 17.5 Å². The second-order valence-electron chi connectivity index (χ2n) is 11.6. The fourth-order valence-corrected chi connectivity index (χ4v) is 7.08. The summed E-state index contributed by atoms with van der Waals surface area (Å²) < 4.78 is 5.87. The van der Waals surface area contributed by atoms with Crippen LogP contribution in [-0.2, 0) is 11.3 Å². The average Bonchev–Trinajstić information content (AvgIpc) is 3.03. The minimum atomic E-state index is -0.575. The van der Waals surface area contributed by atoms with Crippen LogP contribution in [0, 0.1) is 5.92 Å². The fourth-order valence-electron chi connectivity index (χ4n) is 5.81. The van der Waals surface area contributed by atoms with Gasteiger partial charge in [0, 0.05) is 37.0 Å². The molecule has 1 unspecified atom stereocenters. The van der Waals surface area contributed by atoms with E-state index in [9.17, 15) is 9.59 Å². The molecule has 42 heavy (non-hydrogen) atoms. The van der Waals surface area contributed by atoms with Crippen molar-refractivity contribution < 1.29 is 14.3 Å². The molecule has 222 valence electrons. The van der Waals surface area contributed by atoms with Crippen molar-refractivity contribution in [1.82, 2.24) is 15.5 Å². The zero-order valence-corrected chi connectivity index (χ0v) is 25.2. The van der Waals surface area contributed by atoms with Gasteiger partial charge in [0.15, 0.2) is 0 Å². The number of benzene rings is 3. The van der Waals surface area contributed by atoms with E-state index in [-0.39, 0.29) is 17.9 Å². The Morgan fingerprint density at radius 1 is 0.810 bits per heavy atom. The summed E-state index contributed by atoms with van der Waals surface area (Å²) in [6.07, 6.45) is 8.32. The molecule has 7 heteroatoms. The predicted molar refractivity (Wildman–Crippen MR) is 171 cm³/mol. The molecule has 0 radical (unpaired) electrons. The van der Waals surface area contributed by atoms with E-state index in [1.807, 2.05) is 36.4 Å². The highest BCUT2D eigenvalue weighted by molar-refractivity contribution is 7.99. The summed E-state index contributed by atoms with van der Waals surface area (Å²) in [5, 5.41) is 6.32. The van der Waals surface area contributed by atoms with Crippen molar-refractivity contribution in [3.8, 4) is 11.5 Å². The Hall–Kier alpha value is -3.29. The zero-order chi connectivity index (χ0) is 29.0. The molecule has 5 rings (SSSR count). The SMILES string of the molecule is O=C(NC(CSCC1CCCCC1)C(=O)NC1CCN(Cc2ccccc2)CC1)c1ccc(Oc2ccccc2)cc1. The lowest BCUT2D eigenvalue weighted by Gasteiger charge is -2.33. The summed E-state index contributed by atoms with van der Waals surface area (Å²) in [6, 6.07) is 26.7. The van der Waals surface area contributed by atoms with Gasteiger partial charge in [0.25, 0.3) is 5.91 Å². The van der Waals surface area contributed by atoms with E-state index in [0.29, 0.717) is 23.0 Å². The lowest BCUT2D eigenvalue weighted by molar-refractivity contribution is -0.123. The van der Waals surface area contributed by atoms with E-state index in [2.05, 4.69) is 39.8 Å². The van der Waals surface area contributed by atoms with Crippen LogP contribution in [-0.4, -0.2) is 53.4 Å². The van der Waals surface area contributed by atoms with Crippen molar-refractivity contribution in [2.75, 3.05) is 24.6 Å². The number of hydrogen-bond acceptors (Lipinski definition) is 5. The van der Waals surface area contributed by atoms with E-state index in [4.69, 9.17) is 4.74 Å². The van der Waals surface area contributed by atoms with Crippen LogP contribution in [0.5, 0.6) is 11.5 Å². The minimum Gasteiger partial charge on any atom is -0.457 e. The van der Waals surface area contributed by atoms with Gasteiger partial charge in [0.05, 0.1) is 0 Å². The second-order valence-corrected chi connectivity index (χ2v) is 12.6. The fraction of sp³-hybridized carbons (Fsp3) is 0.429. The van der Waals surface area contributed by atoms with E-state index in [1.165, 1.54) is 37.7 Å². The van der Waals surface area contributed by atoms with Gasteiger partial charge in [0.2, 0.25) is 5.91 Å². The van der Waals surface area contributed by atoms with Gasteiger partial charge in [-0.3, -0.25) is 14.5 Å². The maximum Gasteiger partial charge on any atom is 0.251 e. The third kappa shape index (κ3) is 9.36. The maximum absolute atomic E-state index is 13.5. The summed E-state index contributed by atoms with van der Waals surface area (Å²) in [5.74, 6) is 3.43. The maximum atomic E-state index is 13.5. The third-order valence-corrected chi connectivity index (χ3v) is 9.54. The van der Waals surface area contributed by atoms with E-state index in [0.717, 1.165) is 44.0 Å². The number of carbonyl (C=O) groups excluding carboxylic acids is 2. The van der Waals surface area contributed by atoms with Crippen LogP contribution in [0.3, 0.4) is 0 Å². The highest BCUT2D eigenvalue weighted by Crippen LogP contribution is 2.27. The molecule has 3 aromatic rings. The third-order valence-electron chi connectivity index (χ3n) is 8.26. The van der Waals surface area contributed by atoms with Crippen molar-refractivity contribution in [2.45, 2.75) is 63.6 Å². The molecule has 2 amide bonds. The molecule has 2 fully saturated rings. The molecule has 1 aliphatic carbocycles. The number of likely N-dealkylation sites (tertiary alicyclic amines) is 1. The van der Waals surface area contributed by atoms with Crippen LogP contribution in [0.25, 0.3) is 0 Å². The number of nitrogens with zero attached hydrogens (tertiary/aromatic N) is 1. The van der Waals surface area contributed by atoms with Gasteiger partial charge in [-0.25, -0.2) is 0 Å². The van der Waals surface area contributed by atoms with Gasteiger partial charge < -0.3 is 15.4 Å². The molecule has 3 aromatic carbocycles. The number of amides is 2. The molecule has 1 saturated carbocycles. The van der Waals surface area contributed by atoms with Gasteiger partial charge >= 0.3 is 0 Å². The van der Waals surface area contributed by atoms with Crippen molar-refractivity contribution >= 4 is 23.6 Å². The lowest BCUT2D eigenvalue weighted by atomic mass is 9.91. The Bertz CT molecular complexity index is 1240. The van der Waals surface area contributed by atoms with E-state index >= 15 is 0 Å². The zero-order valence-electron chi connectivity index (χ0n) is 24.4. The van der Waals surface area contributed by atoms with Crippen LogP contribution in [0.15, 0.2) is 84.9 Å². The van der Waals surface area contributed by atoms with Gasteiger partial charge in [-0.1, -0.05) is 67.8 Å². The van der Waals surface area contributed by atoms with Crippen LogP contribution in [0.1, 0.15) is 60.9 Å². The molecule has 2 aliphatic rings. The van der Waals surface area contributed by atoms with Crippen molar-refractivity contribution in [3.05, 3.63) is 96.1 Å². The first kappa shape index (κ1) is 30.2. The highest BCUT2D eigenvalue weighted by atomic mass is 32.2. The summed E-state index contributed by atoms with van der Waals surface area (Å²) >= 11 is 1.80. The quantitative estimate of drug-likeness (QED) is 0.248. The van der Waals surface area contributed by atoms with E-state index < -0.39 is 6.04 Å². The summed E-state index contributed by atoms with van der Waals surface area (Å²) in [5.41, 5.74) is 1.83. The van der Waals surface area contributed by atoms with Gasteiger partial charge in [-0.15, -0.1) is 0 Å². The molecule has 0 bridgehead atoms. The number of carbonyl (C=O) groups is 2. The first-order chi connectivity index (χ1) is 20.6. The molecule has 1 heterocycles. The predicted octanol–water partition coefficient (Wildman–Crippen LogP) is 6.67. The number of thioether (sulfide) groups is 1. The first-order valence-corrected chi connectivity index (χ1v) is 16.6. The van der Waals surface area contributed by atoms with Gasteiger partial charge in [-0.2, -0.15) is 11.8 Å². The smallest absolute Gasteiger partial charge is 0.251 e. The van der Waals surface area contributed by atoms with Crippen LogP contribution < -0.4 is 15.4 Å².